The molecular weight excluding hydrogens is 347 g/mol. The Balaban J connectivity index is 2.14. The molecule has 3 rings (SSSR count). The number of imide groups is 1. The van der Waals surface area contributed by atoms with Gasteiger partial charge >= 0.3 is 0 Å². The molecule has 0 saturated carbocycles. The minimum absolute atomic E-state index is 0.157. The smallest absolute Gasteiger partial charge is 0.278 e. The third-order valence-corrected chi connectivity index (χ3v) is 4.38. The van der Waals surface area contributed by atoms with Gasteiger partial charge in [0.1, 0.15) is 17.3 Å². The van der Waals surface area contributed by atoms with Gasteiger partial charge in [0.2, 0.25) is 0 Å². The van der Waals surface area contributed by atoms with Crippen LogP contribution in [0.25, 0.3) is 5.57 Å². The first-order chi connectivity index (χ1) is 12.8. The van der Waals surface area contributed by atoms with Crippen molar-refractivity contribution in [1.29, 1.82) is 0 Å². The first kappa shape index (κ1) is 18.6. The van der Waals surface area contributed by atoms with Crippen LogP contribution in [-0.4, -0.2) is 29.9 Å². The van der Waals surface area contributed by atoms with Gasteiger partial charge in [0.05, 0.1) is 18.4 Å². The minimum Gasteiger partial charge on any atom is -0.495 e. The van der Waals surface area contributed by atoms with Crippen molar-refractivity contribution in [2.75, 3.05) is 12.4 Å². The number of carbonyl (C=O) groups excluding carboxylic acids is 2. The van der Waals surface area contributed by atoms with Gasteiger partial charge in [-0.15, -0.1) is 0 Å². The number of nitrogens with one attached hydrogen (secondary N) is 1. The third kappa shape index (κ3) is 3.43. The Kier molecular flexibility index (Phi) is 4.99. The molecule has 0 atom stereocenters. The SMILES string of the molecule is COc1ccc(C)cc1NC1=C(c2ccc(F)cc2)C(=O)N(C(C)C)C1=O. The summed E-state index contributed by atoms with van der Waals surface area (Å²) >= 11 is 0. The van der Waals surface area contributed by atoms with E-state index in [-0.39, 0.29) is 17.3 Å². The molecule has 1 heterocycles. The van der Waals surface area contributed by atoms with E-state index in [9.17, 15) is 14.0 Å². The summed E-state index contributed by atoms with van der Waals surface area (Å²) in [6.07, 6.45) is 0. The fraction of sp³-hybridized carbons (Fsp3) is 0.238. The molecule has 0 unspecified atom stereocenters. The maximum absolute atomic E-state index is 13.3. The number of anilines is 1. The molecule has 0 fully saturated rings. The van der Waals surface area contributed by atoms with Gasteiger partial charge in [-0.25, -0.2) is 4.39 Å². The Labute approximate surface area is 157 Å². The summed E-state index contributed by atoms with van der Waals surface area (Å²) in [6.45, 7) is 5.46. The molecule has 0 spiro atoms. The standard InChI is InChI=1S/C21H21FN2O3/c1-12(2)24-20(25)18(14-6-8-15(22)9-7-14)19(21(24)26)23-16-11-13(3)5-10-17(16)27-4/h5-12,23H,1-4H3. The first-order valence-electron chi connectivity index (χ1n) is 8.63. The van der Waals surface area contributed by atoms with E-state index in [2.05, 4.69) is 5.32 Å². The molecule has 5 nitrogen and oxygen atoms in total. The zero-order chi connectivity index (χ0) is 19.7. The van der Waals surface area contributed by atoms with Crippen LogP contribution in [0.15, 0.2) is 48.2 Å². The van der Waals surface area contributed by atoms with Crippen LogP contribution in [0, 0.1) is 12.7 Å². The summed E-state index contributed by atoms with van der Waals surface area (Å²) in [6, 6.07) is 10.7. The summed E-state index contributed by atoms with van der Waals surface area (Å²) in [5.74, 6) is -0.685. The highest BCUT2D eigenvalue weighted by Gasteiger charge is 2.40. The van der Waals surface area contributed by atoms with Crippen LogP contribution in [-0.2, 0) is 9.59 Å². The van der Waals surface area contributed by atoms with Crippen molar-refractivity contribution in [2.45, 2.75) is 26.8 Å². The van der Waals surface area contributed by atoms with Crippen molar-refractivity contribution in [3.05, 3.63) is 65.1 Å². The predicted molar refractivity (Wildman–Crippen MR) is 102 cm³/mol. The minimum atomic E-state index is -0.419. The fourth-order valence-electron chi connectivity index (χ4n) is 3.07. The van der Waals surface area contributed by atoms with E-state index in [0.717, 1.165) is 5.56 Å². The van der Waals surface area contributed by atoms with E-state index < -0.39 is 17.6 Å². The number of halogens is 1. The van der Waals surface area contributed by atoms with Gasteiger partial charge in [-0.1, -0.05) is 18.2 Å². The lowest BCUT2D eigenvalue weighted by molar-refractivity contribution is -0.138. The van der Waals surface area contributed by atoms with Crippen LogP contribution in [0.1, 0.15) is 25.0 Å². The lowest BCUT2D eigenvalue weighted by Gasteiger charge is -2.19. The lowest BCUT2D eigenvalue weighted by atomic mass is 10.0. The predicted octanol–water partition coefficient (Wildman–Crippen LogP) is 3.74. The number of benzene rings is 2. The van der Waals surface area contributed by atoms with Crippen LogP contribution in [0.5, 0.6) is 5.75 Å². The van der Waals surface area contributed by atoms with Crippen molar-refractivity contribution in [3.8, 4) is 5.75 Å². The molecule has 2 aromatic carbocycles. The summed E-state index contributed by atoms with van der Waals surface area (Å²) in [5, 5.41) is 3.08. The van der Waals surface area contributed by atoms with E-state index in [1.807, 2.05) is 19.1 Å². The van der Waals surface area contributed by atoms with E-state index in [1.165, 1.54) is 36.3 Å². The summed E-state index contributed by atoms with van der Waals surface area (Å²) < 4.78 is 18.7. The molecule has 1 aliphatic rings. The van der Waals surface area contributed by atoms with Crippen LogP contribution in [0.3, 0.4) is 0 Å². The zero-order valence-corrected chi connectivity index (χ0v) is 15.7. The normalized spacial score (nSPS) is 14.4. The fourth-order valence-corrected chi connectivity index (χ4v) is 3.07. The van der Waals surface area contributed by atoms with Gasteiger partial charge in [-0.05, 0) is 56.2 Å². The number of amides is 2. The Morgan fingerprint density at radius 2 is 1.70 bits per heavy atom. The molecule has 27 heavy (non-hydrogen) atoms. The maximum atomic E-state index is 13.3. The second kappa shape index (κ2) is 7.23. The van der Waals surface area contributed by atoms with Crippen LogP contribution in [0.2, 0.25) is 0 Å². The molecule has 140 valence electrons. The number of carbonyl (C=O) groups is 2. The van der Waals surface area contributed by atoms with Gasteiger partial charge in [-0.2, -0.15) is 0 Å². The molecule has 0 aliphatic carbocycles. The number of ether oxygens (including phenoxy) is 1. The molecule has 1 aliphatic heterocycles. The molecule has 2 amide bonds. The first-order valence-corrected chi connectivity index (χ1v) is 8.63. The molecule has 0 saturated heterocycles. The zero-order valence-electron chi connectivity index (χ0n) is 15.7. The number of aryl methyl sites for hydroxylation is 1. The van der Waals surface area contributed by atoms with Gasteiger partial charge < -0.3 is 10.1 Å². The molecule has 1 N–H and O–H groups in total. The lowest BCUT2D eigenvalue weighted by Crippen LogP contribution is -2.38. The molecular formula is C21H21FN2O3. The average molecular weight is 368 g/mol. The number of nitrogens with zero attached hydrogens (tertiary/aromatic N) is 1. The van der Waals surface area contributed by atoms with E-state index in [0.29, 0.717) is 17.0 Å². The van der Waals surface area contributed by atoms with Crippen LogP contribution < -0.4 is 10.1 Å². The van der Waals surface area contributed by atoms with E-state index in [4.69, 9.17) is 4.74 Å². The second-order valence-corrected chi connectivity index (χ2v) is 6.66. The largest absolute Gasteiger partial charge is 0.495 e. The van der Waals surface area contributed by atoms with Crippen molar-refractivity contribution in [3.63, 3.8) is 0 Å². The van der Waals surface area contributed by atoms with Gasteiger partial charge in [0, 0.05) is 6.04 Å². The van der Waals surface area contributed by atoms with E-state index in [1.54, 1.807) is 19.9 Å². The molecule has 0 aromatic heterocycles. The quantitative estimate of drug-likeness (QED) is 0.817. The summed E-state index contributed by atoms with van der Waals surface area (Å²) in [4.78, 5) is 27.1. The molecule has 6 heteroatoms. The third-order valence-electron chi connectivity index (χ3n) is 4.38. The highest BCUT2D eigenvalue weighted by atomic mass is 19.1. The molecule has 0 radical (unpaired) electrons. The van der Waals surface area contributed by atoms with Crippen molar-refractivity contribution in [1.82, 2.24) is 4.90 Å². The summed E-state index contributed by atoms with van der Waals surface area (Å²) in [7, 11) is 1.53. The van der Waals surface area contributed by atoms with Crippen molar-refractivity contribution < 1.29 is 18.7 Å². The van der Waals surface area contributed by atoms with Crippen LogP contribution in [0.4, 0.5) is 10.1 Å². The van der Waals surface area contributed by atoms with Crippen molar-refractivity contribution >= 4 is 23.1 Å². The summed E-state index contributed by atoms with van der Waals surface area (Å²) in [5.41, 5.74) is 2.41. The monoisotopic (exact) mass is 368 g/mol. The highest BCUT2D eigenvalue weighted by Crippen LogP contribution is 2.34. The van der Waals surface area contributed by atoms with Crippen molar-refractivity contribution in [2.24, 2.45) is 0 Å². The van der Waals surface area contributed by atoms with Gasteiger partial charge in [-0.3, -0.25) is 14.5 Å². The highest BCUT2D eigenvalue weighted by molar-refractivity contribution is 6.36. The Morgan fingerprint density at radius 1 is 1.04 bits per heavy atom. The molecule has 2 aromatic rings. The maximum Gasteiger partial charge on any atom is 0.278 e. The van der Waals surface area contributed by atoms with E-state index >= 15 is 0 Å². The van der Waals surface area contributed by atoms with Gasteiger partial charge in [0.15, 0.2) is 0 Å². The number of rotatable bonds is 5. The second-order valence-electron chi connectivity index (χ2n) is 6.66. The number of hydrogen-bond acceptors (Lipinski definition) is 4. The average Bonchev–Trinajstić information content (AvgIpc) is 2.86. The number of hydrogen-bond donors (Lipinski definition) is 1. The molecule has 0 bridgehead atoms. The van der Waals surface area contributed by atoms with Crippen LogP contribution >= 0.6 is 0 Å². The van der Waals surface area contributed by atoms with Gasteiger partial charge in [0.25, 0.3) is 11.8 Å². The number of methoxy groups -OCH3 is 1. The topological polar surface area (TPSA) is 58.6 Å². The Hall–Kier alpha value is -3.15. The Morgan fingerprint density at radius 3 is 2.30 bits per heavy atom. The Bertz CT molecular complexity index is 933.